The number of thioether (sulfide) groups is 1. The first-order chi connectivity index (χ1) is 13.7. The zero-order valence-electron chi connectivity index (χ0n) is 16.0. The Morgan fingerprint density at radius 1 is 1.28 bits per heavy atom. The number of hydrogen-bond donors (Lipinski definition) is 2. The Labute approximate surface area is 177 Å². The summed E-state index contributed by atoms with van der Waals surface area (Å²) < 4.78 is 29.6. The van der Waals surface area contributed by atoms with Crippen LogP contribution in [0.4, 0.5) is 5.13 Å². The Kier molecular flexibility index (Phi) is 8.79. The number of aromatic nitrogens is 2. The second kappa shape index (κ2) is 10.8. The minimum absolute atomic E-state index is 0.0476. The second-order valence-electron chi connectivity index (χ2n) is 6.17. The Hall–Kier alpha value is -1.77. The van der Waals surface area contributed by atoms with Crippen molar-refractivity contribution in [1.29, 1.82) is 0 Å². The number of carbonyl (C=O) groups is 3. The maximum absolute atomic E-state index is 12.3. The molecule has 2 amide bonds. The predicted molar refractivity (Wildman–Crippen MR) is 108 cm³/mol. The second-order valence-corrected chi connectivity index (χ2v) is 10.4. The third kappa shape index (κ3) is 7.87. The van der Waals surface area contributed by atoms with E-state index in [1.807, 2.05) is 0 Å². The summed E-state index contributed by atoms with van der Waals surface area (Å²) in [5.74, 6) is -1.32. The Morgan fingerprint density at radius 3 is 2.59 bits per heavy atom. The highest BCUT2D eigenvalue weighted by atomic mass is 32.2. The molecule has 2 N–H and O–H groups in total. The Balaban J connectivity index is 1.74. The lowest BCUT2D eigenvalue weighted by Crippen LogP contribution is -2.40. The standard InChI is InChI=1S/C15H23N5O6S3/c1-3-26-12(22)8-16-11(21)9-27-15-19-18-14(28-15)17-13(23)10-4-6-20(7-5-10)29(2,24)25/h10H,3-9H2,1-2H3,(H,16,21)(H,17,18,23). The molecule has 0 saturated carbocycles. The van der Waals surface area contributed by atoms with Gasteiger partial charge < -0.3 is 15.4 Å². The van der Waals surface area contributed by atoms with Crippen molar-refractivity contribution < 1.29 is 27.5 Å². The molecule has 29 heavy (non-hydrogen) atoms. The summed E-state index contributed by atoms with van der Waals surface area (Å²) in [6.45, 7) is 2.37. The fraction of sp³-hybridized carbons (Fsp3) is 0.667. The minimum Gasteiger partial charge on any atom is -0.465 e. The number of piperidine rings is 1. The first-order valence-electron chi connectivity index (χ1n) is 8.83. The minimum atomic E-state index is -3.24. The summed E-state index contributed by atoms with van der Waals surface area (Å²) >= 11 is 2.27. The maximum atomic E-state index is 12.3. The van der Waals surface area contributed by atoms with Crippen molar-refractivity contribution in [3.63, 3.8) is 0 Å². The summed E-state index contributed by atoms with van der Waals surface area (Å²) in [4.78, 5) is 35.2. The summed E-state index contributed by atoms with van der Waals surface area (Å²) in [5.41, 5.74) is 0. The van der Waals surface area contributed by atoms with Crippen LogP contribution in [0.5, 0.6) is 0 Å². The number of sulfonamides is 1. The molecule has 1 fully saturated rings. The van der Waals surface area contributed by atoms with E-state index < -0.39 is 16.0 Å². The number of nitrogens with zero attached hydrogens (tertiary/aromatic N) is 3. The van der Waals surface area contributed by atoms with E-state index in [0.29, 0.717) is 35.4 Å². The number of hydrogen-bond acceptors (Lipinski definition) is 10. The van der Waals surface area contributed by atoms with E-state index in [0.717, 1.165) is 29.4 Å². The van der Waals surface area contributed by atoms with Gasteiger partial charge >= 0.3 is 5.97 Å². The van der Waals surface area contributed by atoms with Crippen molar-refractivity contribution >= 4 is 56.0 Å². The van der Waals surface area contributed by atoms with Crippen LogP contribution in [0.25, 0.3) is 0 Å². The first kappa shape index (κ1) is 23.5. The zero-order chi connectivity index (χ0) is 21.4. The van der Waals surface area contributed by atoms with E-state index in [-0.39, 0.29) is 36.6 Å². The highest BCUT2D eigenvalue weighted by Crippen LogP contribution is 2.27. The smallest absolute Gasteiger partial charge is 0.325 e. The molecule has 0 atom stereocenters. The summed E-state index contributed by atoms with van der Waals surface area (Å²) in [7, 11) is -3.24. The third-order valence-electron chi connectivity index (χ3n) is 3.99. The van der Waals surface area contributed by atoms with E-state index in [1.54, 1.807) is 6.92 Å². The van der Waals surface area contributed by atoms with Crippen LogP contribution < -0.4 is 10.6 Å². The largest absolute Gasteiger partial charge is 0.465 e. The van der Waals surface area contributed by atoms with Crippen LogP contribution in [0.15, 0.2) is 4.34 Å². The van der Waals surface area contributed by atoms with Gasteiger partial charge in [-0.3, -0.25) is 14.4 Å². The van der Waals surface area contributed by atoms with Crippen LogP contribution in [0, 0.1) is 5.92 Å². The van der Waals surface area contributed by atoms with Crippen molar-refractivity contribution in [3.8, 4) is 0 Å². The molecule has 0 unspecified atom stereocenters. The molecular formula is C15H23N5O6S3. The molecule has 1 aliphatic rings. The lowest BCUT2D eigenvalue weighted by atomic mass is 9.97. The molecule has 0 bridgehead atoms. The zero-order valence-corrected chi connectivity index (χ0v) is 18.5. The average Bonchev–Trinajstić information content (AvgIpc) is 3.11. The number of amides is 2. The third-order valence-corrected chi connectivity index (χ3v) is 7.27. The van der Waals surface area contributed by atoms with Gasteiger partial charge in [-0.05, 0) is 19.8 Å². The molecular weight excluding hydrogens is 442 g/mol. The molecule has 1 aliphatic heterocycles. The molecule has 2 rings (SSSR count). The van der Waals surface area contributed by atoms with Gasteiger partial charge in [0, 0.05) is 19.0 Å². The van der Waals surface area contributed by atoms with Crippen molar-refractivity contribution in [3.05, 3.63) is 0 Å². The van der Waals surface area contributed by atoms with Crippen molar-refractivity contribution in [2.75, 3.05) is 43.6 Å². The quantitative estimate of drug-likeness (QED) is 0.290. The van der Waals surface area contributed by atoms with E-state index >= 15 is 0 Å². The van der Waals surface area contributed by atoms with Gasteiger partial charge in [-0.2, -0.15) is 0 Å². The van der Waals surface area contributed by atoms with Crippen LogP contribution in [-0.4, -0.2) is 79.0 Å². The molecule has 0 aromatic carbocycles. The SMILES string of the molecule is CCOC(=O)CNC(=O)CSc1nnc(NC(=O)C2CCN(S(C)(=O)=O)CC2)s1. The van der Waals surface area contributed by atoms with Crippen molar-refractivity contribution in [2.45, 2.75) is 24.1 Å². The number of nitrogens with one attached hydrogen (secondary N) is 2. The van der Waals surface area contributed by atoms with E-state index in [1.165, 1.54) is 4.31 Å². The van der Waals surface area contributed by atoms with Gasteiger partial charge in [-0.25, -0.2) is 12.7 Å². The molecule has 162 valence electrons. The molecule has 11 nitrogen and oxygen atoms in total. The highest BCUT2D eigenvalue weighted by molar-refractivity contribution is 8.01. The maximum Gasteiger partial charge on any atom is 0.325 e. The summed E-state index contributed by atoms with van der Waals surface area (Å²) in [5, 5.41) is 13.2. The van der Waals surface area contributed by atoms with Crippen molar-refractivity contribution in [1.82, 2.24) is 19.8 Å². The van der Waals surface area contributed by atoms with Crippen LogP contribution in [-0.2, 0) is 29.1 Å². The van der Waals surface area contributed by atoms with E-state index in [2.05, 4.69) is 20.8 Å². The average molecular weight is 466 g/mol. The highest BCUT2D eigenvalue weighted by Gasteiger charge is 2.29. The molecule has 0 spiro atoms. The molecule has 2 heterocycles. The van der Waals surface area contributed by atoms with Crippen LogP contribution in [0.2, 0.25) is 0 Å². The number of esters is 1. The topological polar surface area (TPSA) is 148 Å². The molecule has 1 saturated heterocycles. The van der Waals surface area contributed by atoms with Gasteiger partial charge in [0.05, 0.1) is 18.6 Å². The van der Waals surface area contributed by atoms with Gasteiger partial charge in [-0.15, -0.1) is 10.2 Å². The van der Waals surface area contributed by atoms with Gasteiger partial charge in [0.25, 0.3) is 0 Å². The lowest BCUT2D eigenvalue weighted by Gasteiger charge is -2.29. The van der Waals surface area contributed by atoms with Gasteiger partial charge in [0.1, 0.15) is 6.54 Å². The summed E-state index contributed by atoms with van der Waals surface area (Å²) in [6.07, 6.45) is 2.05. The molecule has 1 aromatic heterocycles. The summed E-state index contributed by atoms with van der Waals surface area (Å²) in [6, 6.07) is 0. The number of anilines is 1. The number of rotatable bonds is 9. The number of carbonyl (C=O) groups excluding carboxylic acids is 3. The normalized spacial score (nSPS) is 15.7. The molecule has 0 aliphatic carbocycles. The monoisotopic (exact) mass is 465 g/mol. The molecule has 1 aromatic rings. The number of ether oxygens (including phenoxy) is 1. The van der Waals surface area contributed by atoms with Crippen LogP contribution >= 0.6 is 23.1 Å². The Bertz CT molecular complexity index is 835. The Morgan fingerprint density at radius 2 is 1.97 bits per heavy atom. The predicted octanol–water partition coefficient (Wildman–Crippen LogP) is -0.0804. The van der Waals surface area contributed by atoms with E-state index in [9.17, 15) is 22.8 Å². The van der Waals surface area contributed by atoms with Crippen LogP contribution in [0.3, 0.4) is 0 Å². The van der Waals surface area contributed by atoms with Gasteiger partial charge in [0.2, 0.25) is 27.0 Å². The fourth-order valence-electron chi connectivity index (χ4n) is 2.54. The van der Waals surface area contributed by atoms with Crippen molar-refractivity contribution in [2.24, 2.45) is 5.92 Å². The molecule has 14 heteroatoms. The lowest BCUT2D eigenvalue weighted by molar-refractivity contribution is -0.143. The van der Waals surface area contributed by atoms with Gasteiger partial charge in [0.15, 0.2) is 4.34 Å². The fourth-order valence-corrected chi connectivity index (χ4v) is 5.00. The molecule has 0 radical (unpaired) electrons. The van der Waals surface area contributed by atoms with Gasteiger partial charge in [-0.1, -0.05) is 23.1 Å². The first-order valence-corrected chi connectivity index (χ1v) is 12.5. The van der Waals surface area contributed by atoms with E-state index in [4.69, 9.17) is 4.74 Å². The van der Waals surface area contributed by atoms with Crippen LogP contribution in [0.1, 0.15) is 19.8 Å².